The van der Waals surface area contributed by atoms with E-state index in [1.54, 1.807) is 24.1 Å². The van der Waals surface area contributed by atoms with Crippen molar-refractivity contribution in [3.05, 3.63) is 70.6 Å². The number of benzene rings is 2. The molecule has 0 spiro atoms. The monoisotopic (exact) mass is 426 g/mol. The normalized spacial score (nSPS) is 14.6. The van der Waals surface area contributed by atoms with Crippen LogP contribution in [0.3, 0.4) is 0 Å². The number of aromatic nitrogens is 2. The summed E-state index contributed by atoms with van der Waals surface area (Å²) in [6.07, 6.45) is 0. The first-order valence-corrected chi connectivity index (χ1v) is 10.2. The van der Waals surface area contributed by atoms with Crippen LogP contribution in [-0.2, 0) is 17.8 Å². The summed E-state index contributed by atoms with van der Waals surface area (Å²) in [5.74, 6) is 0.750. The molecule has 7 nitrogen and oxygen atoms in total. The first-order chi connectivity index (χ1) is 14.6. The number of carbonyl (C=O) groups excluding carboxylic acids is 1. The largest absolute Gasteiger partial charge is 0.379 e. The van der Waals surface area contributed by atoms with Crippen molar-refractivity contribution in [1.82, 2.24) is 19.9 Å². The number of halogens is 1. The van der Waals surface area contributed by atoms with Crippen molar-refractivity contribution in [3.63, 3.8) is 0 Å². The van der Waals surface area contributed by atoms with Crippen LogP contribution in [0.1, 0.15) is 21.8 Å². The average Bonchev–Trinajstić information content (AvgIpc) is 3.23. The Kier molecular flexibility index (Phi) is 6.42. The molecular weight excluding hydrogens is 404 g/mol. The Bertz CT molecular complexity index is 1000. The van der Waals surface area contributed by atoms with E-state index < -0.39 is 0 Å². The molecule has 8 heteroatoms. The molecule has 30 heavy (non-hydrogen) atoms. The van der Waals surface area contributed by atoms with Gasteiger partial charge in [-0.3, -0.25) is 9.69 Å². The third-order valence-corrected chi connectivity index (χ3v) is 5.23. The quantitative estimate of drug-likeness (QED) is 0.600. The maximum Gasteiger partial charge on any atom is 0.254 e. The van der Waals surface area contributed by atoms with Crippen molar-refractivity contribution < 1.29 is 14.1 Å². The fraction of sp³-hybridized carbons (Fsp3) is 0.318. The van der Waals surface area contributed by atoms with Crippen LogP contribution in [0.15, 0.2) is 53.1 Å². The molecule has 0 bridgehead atoms. The minimum atomic E-state index is -0.0925. The van der Waals surface area contributed by atoms with Gasteiger partial charge < -0.3 is 14.2 Å². The predicted octanol–water partition coefficient (Wildman–Crippen LogP) is 3.49. The second kappa shape index (κ2) is 9.38. The van der Waals surface area contributed by atoms with Gasteiger partial charge in [-0.15, -0.1) is 0 Å². The molecule has 0 unspecified atom stereocenters. The molecular formula is C22H23ClN4O3. The average molecular weight is 427 g/mol. The summed E-state index contributed by atoms with van der Waals surface area (Å²) < 4.78 is 10.7. The minimum absolute atomic E-state index is 0.0925. The number of hydrogen-bond acceptors (Lipinski definition) is 6. The highest BCUT2D eigenvalue weighted by Gasteiger charge is 2.17. The molecule has 2 heterocycles. The standard InChI is InChI=1S/C22H23ClN4O3/c1-26(15-20-24-21(25-30-20)17-5-7-19(23)8-6-17)22(28)18-4-2-3-16(13-18)14-27-9-11-29-12-10-27/h2-8,13H,9-12,14-15H2,1H3. The summed E-state index contributed by atoms with van der Waals surface area (Å²) in [6, 6.07) is 14.9. The Morgan fingerprint density at radius 3 is 2.70 bits per heavy atom. The molecule has 1 saturated heterocycles. The lowest BCUT2D eigenvalue weighted by molar-refractivity contribution is 0.0341. The van der Waals surface area contributed by atoms with Crippen LogP contribution in [0.25, 0.3) is 11.4 Å². The molecule has 0 radical (unpaired) electrons. The molecule has 0 aliphatic carbocycles. The fourth-order valence-electron chi connectivity index (χ4n) is 3.35. The molecule has 2 aromatic carbocycles. The molecule has 0 saturated carbocycles. The first kappa shape index (κ1) is 20.5. The molecule has 0 atom stereocenters. The smallest absolute Gasteiger partial charge is 0.254 e. The molecule has 0 N–H and O–H groups in total. The number of hydrogen-bond donors (Lipinski definition) is 0. The van der Waals surface area contributed by atoms with E-state index in [0.717, 1.165) is 44.0 Å². The Morgan fingerprint density at radius 1 is 1.17 bits per heavy atom. The number of rotatable bonds is 6. The van der Waals surface area contributed by atoms with Crippen LogP contribution in [0.2, 0.25) is 5.02 Å². The first-order valence-electron chi connectivity index (χ1n) is 9.81. The zero-order valence-electron chi connectivity index (χ0n) is 16.8. The van der Waals surface area contributed by atoms with E-state index in [1.807, 2.05) is 36.4 Å². The Morgan fingerprint density at radius 2 is 1.93 bits per heavy atom. The van der Waals surface area contributed by atoms with Gasteiger partial charge in [-0.25, -0.2) is 0 Å². The maximum absolute atomic E-state index is 12.9. The molecule has 1 aliphatic heterocycles. The summed E-state index contributed by atoms with van der Waals surface area (Å²) >= 11 is 5.92. The second-order valence-electron chi connectivity index (χ2n) is 7.27. The lowest BCUT2D eigenvalue weighted by Crippen LogP contribution is -2.35. The van der Waals surface area contributed by atoms with Crippen molar-refractivity contribution >= 4 is 17.5 Å². The Balaban J connectivity index is 1.40. The van der Waals surface area contributed by atoms with Crippen LogP contribution >= 0.6 is 11.6 Å². The maximum atomic E-state index is 12.9. The van der Waals surface area contributed by atoms with E-state index in [9.17, 15) is 4.79 Å². The molecule has 156 valence electrons. The Labute approximate surface area is 180 Å². The van der Waals surface area contributed by atoms with Gasteiger partial charge in [-0.2, -0.15) is 4.98 Å². The topological polar surface area (TPSA) is 71.7 Å². The zero-order valence-corrected chi connectivity index (χ0v) is 17.5. The van der Waals surface area contributed by atoms with Crippen LogP contribution in [0.5, 0.6) is 0 Å². The van der Waals surface area contributed by atoms with E-state index in [0.29, 0.717) is 22.3 Å². The number of carbonyl (C=O) groups is 1. The number of morpholine rings is 1. The van der Waals surface area contributed by atoms with Gasteiger partial charge in [0.05, 0.1) is 19.8 Å². The van der Waals surface area contributed by atoms with Crippen molar-refractivity contribution in [1.29, 1.82) is 0 Å². The SMILES string of the molecule is CN(Cc1nc(-c2ccc(Cl)cc2)no1)C(=O)c1cccc(CN2CCOCC2)c1. The molecule has 1 fully saturated rings. The van der Waals surface area contributed by atoms with Crippen LogP contribution in [0.4, 0.5) is 0 Å². The predicted molar refractivity (Wildman–Crippen MR) is 113 cm³/mol. The van der Waals surface area contributed by atoms with Crippen molar-refractivity contribution in [3.8, 4) is 11.4 Å². The van der Waals surface area contributed by atoms with Gasteiger partial charge in [0.15, 0.2) is 0 Å². The second-order valence-corrected chi connectivity index (χ2v) is 7.71. The van der Waals surface area contributed by atoms with E-state index in [1.165, 1.54) is 0 Å². The summed E-state index contributed by atoms with van der Waals surface area (Å²) in [5, 5.41) is 4.64. The van der Waals surface area contributed by atoms with Crippen molar-refractivity contribution in [2.75, 3.05) is 33.4 Å². The number of amides is 1. The minimum Gasteiger partial charge on any atom is -0.379 e. The number of ether oxygens (including phenoxy) is 1. The van der Waals surface area contributed by atoms with E-state index in [4.69, 9.17) is 20.9 Å². The Hall–Kier alpha value is -2.74. The highest BCUT2D eigenvalue weighted by molar-refractivity contribution is 6.30. The number of nitrogens with zero attached hydrogens (tertiary/aromatic N) is 4. The van der Waals surface area contributed by atoms with Crippen LogP contribution < -0.4 is 0 Å². The van der Waals surface area contributed by atoms with Crippen molar-refractivity contribution in [2.24, 2.45) is 0 Å². The molecule has 1 amide bonds. The van der Waals surface area contributed by atoms with E-state index in [2.05, 4.69) is 15.0 Å². The van der Waals surface area contributed by atoms with Gasteiger partial charge in [0.2, 0.25) is 11.7 Å². The lowest BCUT2D eigenvalue weighted by atomic mass is 10.1. The van der Waals surface area contributed by atoms with Gasteiger partial charge >= 0.3 is 0 Å². The molecule has 3 aromatic rings. The van der Waals surface area contributed by atoms with E-state index in [-0.39, 0.29) is 12.5 Å². The fourth-order valence-corrected chi connectivity index (χ4v) is 3.48. The molecule has 4 rings (SSSR count). The highest BCUT2D eigenvalue weighted by Crippen LogP contribution is 2.19. The van der Waals surface area contributed by atoms with Crippen LogP contribution in [-0.4, -0.2) is 59.2 Å². The van der Waals surface area contributed by atoms with Gasteiger partial charge in [-0.05, 0) is 42.0 Å². The molecule has 1 aliphatic rings. The summed E-state index contributed by atoms with van der Waals surface area (Å²) in [6.45, 7) is 4.36. The lowest BCUT2D eigenvalue weighted by Gasteiger charge is -2.26. The highest BCUT2D eigenvalue weighted by atomic mass is 35.5. The molecule has 1 aromatic heterocycles. The van der Waals surface area contributed by atoms with Gasteiger partial charge in [0, 0.05) is 42.8 Å². The van der Waals surface area contributed by atoms with E-state index >= 15 is 0 Å². The van der Waals surface area contributed by atoms with Gasteiger partial charge in [0.25, 0.3) is 5.91 Å². The van der Waals surface area contributed by atoms with Gasteiger partial charge in [-0.1, -0.05) is 28.9 Å². The summed E-state index contributed by atoms with van der Waals surface area (Å²) in [5.41, 5.74) is 2.55. The van der Waals surface area contributed by atoms with Gasteiger partial charge in [0.1, 0.15) is 0 Å². The van der Waals surface area contributed by atoms with Crippen LogP contribution in [0, 0.1) is 0 Å². The third-order valence-electron chi connectivity index (χ3n) is 4.97. The zero-order chi connectivity index (χ0) is 20.9. The summed E-state index contributed by atoms with van der Waals surface area (Å²) in [7, 11) is 1.73. The van der Waals surface area contributed by atoms with Crippen molar-refractivity contribution in [2.45, 2.75) is 13.1 Å². The third kappa shape index (κ3) is 5.05. The summed E-state index contributed by atoms with van der Waals surface area (Å²) in [4.78, 5) is 21.2.